The van der Waals surface area contributed by atoms with Crippen molar-refractivity contribution < 1.29 is 14.1 Å². The SMILES string of the molecule is Cc1cc(C(=O)NCC(C)N2CC(C)OC(C)C2)on1. The smallest absolute Gasteiger partial charge is 0.289 e. The van der Waals surface area contributed by atoms with E-state index in [1.807, 2.05) is 0 Å². The second-order valence-corrected chi connectivity index (χ2v) is 5.60. The van der Waals surface area contributed by atoms with Gasteiger partial charge in [0.15, 0.2) is 0 Å². The Morgan fingerprint density at radius 2 is 2.15 bits per heavy atom. The van der Waals surface area contributed by atoms with E-state index in [0.717, 1.165) is 13.1 Å². The van der Waals surface area contributed by atoms with E-state index in [2.05, 4.69) is 36.1 Å². The predicted octanol–water partition coefficient (Wildman–Crippen LogP) is 1.21. The van der Waals surface area contributed by atoms with E-state index in [0.29, 0.717) is 12.2 Å². The molecule has 1 aliphatic rings. The molecular formula is C14H23N3O3. The van der Waals surface area contributed by atoms with Crippen LogP contribution in [0.4, 0.5) is 0 Å². The topological polar surface area (TPSA) is 67.6 Å². The zero-order chi connectivity index (χ0) is 14.7. The van der Waals surface area contributed by atoms with Crippen LogP contribution in [-0.2, 0) is 4.74 Å². The van der Waals surface area contributed by atoms with Crippen molar-refractivity contribution in [3.05, 3.63) is 17.5 Å². The standard InChI is InChI=1S/C14H23N3O3/c1-9-5-13(20-16-9)14(18)15-6-10(2)17-7-11(3)19-12(4)8-17/h5,10-12H,6-8H2,1-4H3,(H,15,18). The van der Waals surface area contributed by atoms with Crippen LogP contribution >= 0.6 is 0 Å². The maximum absolute atomic E-state index is 11.9. The van der Waals surface area contributed by atoms with Crippen molar-refractivity contribution in [2.75, 3.05) is 19.6 Å². The van der Waals surface area contributed by atoms with E-state index in [-0.39, 0.29) is 29.9 Å². The maximum atomic E-state index is 11.9. The first-order valence-electron chi connectivity index (χ1n) is 7.06. The summed E-state index contributed by atoms with van der Waals surface area (Å²) in [5, 5.41) is 6.60. The molecule has 2 rings (SSSR count). The third-order valence-corrected chi connectivity index (χ3v) is 3.48. The lowest BCUT2D eigenvalue weighted by atomic mass is 10.1. The molecule has 6 nitrogen and oxygen atoms in total. The Morgan fingerprint density at radius 3 is 2.70 bits per heavy atom. The number of aromatic nitrogens is 1. The average molecular weight is 281 g/mol. The Bertz CT molecular complexity index is 450. The number of hydrogen-bond acceptors (Lipinski definition) is 5. The molecule has 1 saturated heterocycles. The monoisotopic (exact) mass is 281 g/mol. The van der Waals surface area contributed by atoms with Crippen LogP contribution in [0.15, 0.2) is 10.6 Å². The van der Waals surface area contributed by atoms with E-state index in [9.17, 15) is 4.79 Å². The molecule has 0 aromatic carbocycles. The van der Waals surface area contributed by atoms with Crippen LogP contribution in [0.5, 0.6) is 0 Å². The summed E-state index contributed by atoms with van der Waals surface area (Å²) in [6, 6.07) is 1.90. The van der Waals surface area contributed by atoms with Gasteiger partial charge in [0.25, 0.3) is 5.91 Å². The van der Waals surface area contributed by atoms with Crippen LogP contribution in [0.3, 0.4) is 0 Å². The Labute approximate surface area is 119 Å². The number of nitrogens with zero attached hydrogens (tertiary/aromatic N) is 2. The molecule has 112 valence electrons. The van der Waals surface area contributed by atoms with E-state index in [4.69, 9.17) is 9.26 Å². The first-order chi connectivity index (χ1) is 9.45. The molecule has 1 aliphatic heterocycles. The molecule has 2 heterocycles. The molecule has 3 atom stereocenters. The molecule has 0 radical (unpaired) electrons. The van der Waals surface area contributed by atoms with Gasteiger partial charge in [-0.15, -0.1) is 0 Å². The molecule has 1 amide bonds. The summed E-state index contributed by atoms with van der Waals surface area (Å²) in [5.74, 6) is 0.0465. The Balaban J connectivity index is 1.82. The highest BCUT2D eigenvalue weighted by molar-refractivity contribution is 5.91. The number of nitrogens with one attached hydrogen (secondary N) is 1. The van der Waals surface area contributed by atoms with Crippen molar-refractivity contribution >= 4 is 5.91 Å². The van der Waals surface area contributed by atoms with Crippen molar-refractivity contribution in [2.24, 2.45) is 0 Å². The third kappa shape index (κ3) is 3.80. The molecule has 1 aromatic rings. The number of ether oxygens (including phenoxy) is 1. The Morgan fingerprint density at radius 1 is 1.50 bits per heavy atom. The molecule has 1 aromatic heterocycles. The van der Waals surface area contributed by atoms with Gasteiger partial charge in [0.05, 0.1) is 17.9 Å². The number of carbonyl (C=O) groups is 1. The summed E-state index contributed by atoms with van der Waals surface area (Å²) in [6.45, 7) is 10.4. The fourth-order valence-corrected chi connectivity index (χ4v) is 2.50. The zero-order valence-corrected chi connectivity index (χ0v) is 12.5. The van der Waals surface area contributed by atoms with E-state index in [1.165, 1.54) is 0 Å². The van der Waals surface area contributed by atoms with Crippen molar-refractivity contribution in [3.63, 3.8) is 0 Å². The largest absolute Gasteiger partial charge is 0.373 e. The molecular weight excluding hydrogens is 258 g/mol. The minimum atomic E-state index is -0.216. The molecule has 1 N–H and O–H groups in total. The fourth-order valence-electron chi connectivity index (χ4n) is 2.50. The normalized spacial score (nSPS) is 25.4. The lowest BCUT2D eigenvalue weighted by Crippen LogP contribution is -2.52. The summed E-state index contributed by atoms with van der Waals surface area (Å²) in [4.78, 5) is 14.2. The van der Waals surface area contributed by atoms with Crippen LogP contribution in [0.25, 0.3) is 0 Å². The first-order valence-corrected chi connectivity index (χ1v) is 7.06. The van der Waals surface area contributed by atoms with Crippen LogP contribution in [0.2, 0.25) is 0 Å². The summed E-state index contributed by atoms with van der Waals surface area (Å²) < 4.78 is 10.7. The fraction of sp³-hybridized carbons (Fsp3) is 0.714. The van der Waals surface area contributed by atoms with Gasteiger partial charge in [-0.2, -0.15) is 0 Å². The summed E-state index contributed by atoms with van der Waals surface area (Å²) >= 11 is 0. The van der Waals surface area contributed by atoms with E-state index < -0.39 is 0 Å². The van der Waals surface area contributed by atoms with Crippen molar-refractivity contribution in [2.45, 2.75) is 45.9 Å². The van der Waals surface area contributed by atoms with Crippen molar-refractivity contribution in [3.8, 4) is 0 Å². The number of carbonyl (C=O) groups excluding carboxylic acids is 1. The predicted molar refractivity (Wildman–Crippen MR) is 74.6 cm³/mol. The van der Waals surface area contributed by atoms with Gasteiger partial charge in [0, 0.05) is 31.7 Å². The van der Waals surface area contributed by atoms with Crippen molar-refractivity contribution in [1.29, 1.82) is 0 Å². The molecule has 0 spiro atoms. The van der Waals surface area contributed by atoms with Crippen LogP contribution < -0.4 is 5.32 Å². The number of rotatable bonds is 4. The van der Waals surface area contributed by atoms with Crippen LogP contribution in [-0.4, -0.2) is 53.8 Å². The molecule has 6 heteroatoms. The van der Waals surface area contributed by atoms with Gasteiger partial charge in [0.2, 0.25) is 5.76 Å². The van der Waals surface area contributed by atoms with Gasteiger partial charge in [0.1, 0.15) is 0 Å². The second kappa shape index (κ2) is 6.37. The van der Waals surface area contributed by atoms with Gasteiger partial charge in [-0.25, -0.2) is 0 Å². The van der Waals surface area contributed by atoms with E-state index >= 15 is 0 Å². The van der Waals surface area contributed by atoms with Gasteiger partial charge < -0.3 is 14.6 Å². The maximum Gasteiger partial charge on any atom is 0.289 e. The zero-order valence-electron chi connectivity index (χ0n) is 12.5. The van der Waals surface area contributed by atoms with Gasteiger partial charge >= 0.3 is 0 Å². The summed E-state index contributed by atoms with van der Waals surface area (Å²) in [7, 11) is 0. The lowest BCUT2D eigenvalue weighted by molar-refractivity contribution is -0.0778. The molecule has 3 unspecified atom stereocenters. The molecule has 20 heavy (non-hydrogen) atoms. The average Bonchev–Trinajstić information content (AvgIpc) is 2.81. The quantitative estimate of drug-likeness (QED) is 0.898. The Kier molecular flexibility index (Phi) is 4.77. The number of aryl methyl sites for hydroxylation is 1. The van der Waals surface area contributed by atoms with Crippen LogP contribution in [0, 0.1) is 6.92 Å². The third-order valence-electron chi connectivity index (χ3n) is 3.48. The Hall–Kier alpha value is -1.40. The molecule has 0 saturated carbocycles. The van der Waals surface area contributed by atoms with Crippen molar-refractivity contribution in [1.82, 2.24) is 15.4 Å². The number of morpholine rings is 1. The highest BCUT2D eigenvalue weighted by Gasteiger charge is 2.26. The summed E-state index contributed by atoms with van der Waals surface area (Å²) in [5.41, 5.74) is 0.707. The van der Waals surface area contributed by atoms with Gasteiger partial charge in [-0.3, -0.25) is 9.69 Å². The second-order valence-electron chi connectivity index (χ2n) is 5.60. The van der Waals surface area contributed by atoms with E-state index in [1.54, 1.807) is 13.0 Å². The molecule has 1 fully saturated rings. The number of hydrogen-bond donors (Lipinski definition) is 1. The van der Waals surface area contributed by atoms with Gasteiger partial charge in [-0.05, 0) is 27.7 Å². The highest BCUT2D eigenvalue weighted by atomic mass is 16.5. The molecule has 0 bridgehead atoms. The van der Waals surface area contributed by atoms with Gasteiger partial charge in [-0.1, -0.05) is 5.16 Å². The minimum Gasteiger partial charge on any atom is -0.373 e. The summed E-state index contributed by atoms with van der Waals surface area (Å²) in [6.07, 6.45) is 0.461. The van der Waals surface area contributed by atoms with Crippen LogP contribution in [0.1, 0.15) is 37.0 Å². The lowest BCUT2D eigenvalue weighted by Gasteiger charge is -2.38. The highest BCUT2D eigenvalue weighted by Crippen LogP contribution is 2.13. The number of amides is 1. The minimum absolute atomic E-state index is 0.216. The first kappa shape index (κ1) is 15.0. The molecule has 0 aliphatic carbocycles.